The number of halogens is 1. The number of anilines is 1. The third-order valence-electron chi connectivity index (χ3n) is 6.17. The average molecular weight is 470 g/mol. The van der Waals surface area contributed by atoms with Crippen LogP contribution in [-0.2, 0) is 22.6 Å². The maximum atomic E-state index is 12.9. The molecule has 0 saturated heterocycles. The summed E-state index contributed by atoms with van der Waals surface area (Å²) in [5.74, 6) is -0.677. The molecule has 0 aromatic carbocycles. The molecule has 4 rings (SSSR count). The number of rotatable bonds is 5. The SMILES string of the molecule is CC(=O)NC1=CCC[C@H](C(=O)Nc2cc(-c3cc(C(N)=O)n4c3CC(C)(C)C4)c(Cl)cn2)C1. The molecule has 2 aromatic rings. The Balaban J connectivity index is 1.60. The second-order valence-electron chi connectivity index (χ2n) is 9.61. The molecule has 1 aliphatic heterocycles. The Kier molecular flexibility index (Phi) is 6.05. The van der Waals surface area contributed by atoms with E-state index in [1.54, 1.807) is 12.1 Å². The molecule has 0 saturated carbocycles. The average Bonchev–Trinajstić information content (AvgIpc) is 3.22. The first-order valence-electron chi connectivity index (χ1n) is 11.0. The first-order chi connectivity index (χ1) is 15.5. The molecule has 33 heavy (non-hydrogen) atoms. The minimum Gasteiger partial charge on any atom is -0.364 e. The van der Waals surface area contributed by atoms with Gasteiger partial charge < -0.3 is 20.9 Å². The van der Waals surface area contributed by atoms with Gasteiger partial charge in [0.15, 0.2) is 0 Å². The highest BCUT2D eigenvalue weighted by Gasteiger charge is 2.34. The molecular formula is C24H28ClN5O3. The van der Waals surface area contributed by atoms with E-state index in [4.69, 9.17) is 17.3 Å². The van der Waals surface area contributed by atoms with Crippen LogP contribution in [0.25, 0.3) is 11.1 Å². The van der Waals surface area contributed by atoms with Gasteiger partial charge >= 0.3 is 0 Å². The highest BCUT2D eigenvalue weighted by atomic mass is 35.5. The van der Waals surface area contributed by atoms with Crippen molar-refractivity contribution in [1.82, 2.24) is 14.9 Å². The number of aromatic nitrogens is 2. The van der Waals surface area contributed by atoms with Crippen molar-refractivity contribution in [3.05, 3.63) is 46.5 Å². The van der Waals surface area contributed by atoms with Crippen molar-refractivity contribution in [2.75, 3.05) is 5.32 Å². The molecular weight excluding hydrogens is 442 g/mol. The molecule has 8 nitrogen and oxygen atoms in total. The Morgan fingerprint density at radius 1 is 1.21 bits per heavy atom. The second-order valence-corrected chi connectivity index (χ2v) is 10.0. The molecule has 0 radical (unpaired) electrons. The van der Waals surface area contributed by atoms with Crippen molar-refractivity contribution in [3.63, 3.8) is 0 Å². The van der Waals surface area contributed by atoms with Crippen LogP contribution >= 0.6 is 11.6 Å². The highest BCUT2D eigenvalue weighted by Crippen LogP contribution is 2.42. The van der Waals surface area contributed by atoms with Crippen LogP contribution in [0.2, 0.25) is 5.02 Å². The molecule has 0 bridgehead atoms. The number of hydrogen-bond acceptors (Lipinski definition) is 4. The van der Waals surface area contributed by atoms with Gasteiger partial charge in [0.25, 0.3) is 5.91 Å². The fraction of sp³-hybridized carbons (Fsp3) is 0.417. The van der Waals surface area contributed by atoms with Gasteiger partial charge in [0.1, 0.15) is 11.5 Å². The van der Waals surface area contributed by atoms with Crippen molar-refractivity contribution in [2.45, 2.75) is 53.0 Å². The van der Waals surface area contributed by atoms with Gasteiger partial charge in [-0.2, -0.15) is 0 Å². The molecule has 0 spiro atoms. The van der Waals surface area contributed by atoms with Crippen LogP contribution in [0.4, 0.5) is 5.82 Å². The summed E-state index contributed by atoms with van der Waals surface area (Å²) in [4.78, 5) is 40.6. The third kappa shape index (κ3) is 4.80. The normalized spacial score (nSPS) is 18.9. The largest absolute Gasteiger partial charge is 0.364 e. The Labute approximate surface area is 197 Å². The number of primary amides is 1. The predicted octanol–water partition coefficient (Wildman–Crippen LogP) is 3.64. The Hall–Kier alpha value is -3.13. The number of hydrogen-bond donors (Lipinski definition) is 3. The molecule has 9 heteroatoms. The van der Waals surface area contributed by atoms with E-state index in [1.807, 2.05) is 10.6 Å². The van der Waals surface area contributed by atoms with Crippen molar-refractivity contribution >= 4 is 35.1 Å². The zero-order valence-electron chi connectivity index (χ0n) is 19.0. The van der Waals surface area contributed by atoms with Crippen LogP contribution in [-0.4, -0.2) is 27.3 Å². The van der Waals surface area contributed by atoms with Gasteiger partial charge in [-0.3, -0.25) is 14.4 Å². The lowest BCUT2D eigenvalue weighted by molar-refractivity contribution is -0.121. The number of allylic oxidation sites excluding steroid dienone is 2. The smallest absolute Gasteiger partial charge is 0.265 e. The van der Waals surface area contributed by atoms with E-state index in [-0.39, 0.29) is 23.1 Å². The van der Waals surface area contributed by atoms with Gasteiger partial charge in [-0.1, -0.05) is 31.5 Å². The van der Waals surface area contributed by atoms with Gasteiger partial charge in [-0.25, -0.2) is 4.98 Å². The molecule has 2 aromatic heterocycles. The molecule has 1 atom stereocenters. The number of nitrogens with zero attached hydrogens (tertiary/aromatic N) is 2. The molecule has 0 unspecified atom stereocenters. The summed E-state index contributed by atoms with van der Waals surface area (Å²) >= 11 is 6.50. The number of nitrogens with two attached hydrogens (primary N) is 1. The summed E-state index contributed by atoms with van der Waals surface area (Å²) in [5.41, 5.74) is 9.35. The number of fused-ring (bicyclic) bond motifs is 1. The number of carbonyl (C=O) groups is 3. The lowest BCUT2D eigenvalue weighted by atomic mass is 9.89. The number of carbonyl (C=O) groups excluding carboxylic acids is 3. The van der Waals surface area contributed by atoms with Crippen LogP contribution < -0.4 is 16.4 Å². The molecule has 0 fully saturated rings. The zero-order valence-corrected chi connectivity index (χ0v) is 19.8. The van der Waals surface area contributed by atoms with Crippen molar-refractivity contribution in [2.24, 2.45) is 17.1 Å². The number of nitrogens with one attached hydrogen (secondary N) is 2. The minimum atomic E-state index is -0.487. The van der Waals surface area contributed by atoms with Gasteiger partial charge in [-0.15, -0.1) is 0 Å². The van der Waals surface area contributed by atoms with E-state index in [0.717, 1.165) is 29.8 Å². The van der Waals surface area contributed by atoms with Crippen LogP contribution in [0, 0.1) is 11.3 Å². The first-order valence-corrected chi connectivity index (χ1v) is 11.4. The maximum Gasteiger partial charge on any atom is 0.265 e. The Morgan fingerprint density at radius 2 is 1.97 bits per heavy atom. The van der Waals surface area contributed by atoms with E-state index >= 15 is 0 Å². The fourth-order valence-electron chi connectivity index (χ4n) is 4.74. The van der Waals surface area contributed by atoms with E-state index in [1.165, 1.54) is 13.1 Å². The van der Waals surface area contributed by atoms with Crippen molar-refractivity contribution in [3.8, 4) is 11.1 Å². The lowest BCUT2D eigenvalue weighted by Crippen LogP contribution is -2.29. The molecule has 4 N–H and O–H groups in total. The molecule has 3 heterocycles. The molecule has 2 aliphatic rings. The quantitative estimate of drug-likeness (QED) is 0.619. The van der Waals surface area contributed by atoms with Gasteiger partial charge in [0.2, 0.25) is 11.8 Å². The minimum absolute atomic E-state index is 0.00773. The van der Waals surface area contributed by atoms with E-state index < -0.39 is 5.91 Å². The van der Waals surface area contributed by atoms with Crippen LogP contribution in [0.3, 0.4) is 0 Å². The van der Waals surface area contributed by atoms with Gasteiger partial charge in [0, 0.05) is 48.1 Å². The highest BCUT2D eigenvalue weighted by molar-refractivity contribution is 6.33. The van der Waals surface area contributed by atoms with Crippen LogP contribution in [0.1, 0.15) is 56.2 Å². The van der Waals surface area contributed by atoms with Crippen LogP contribution in [0.5, 0.6) is 0 Å². The predicted molar refractivity (Wildman–Crippen MR) is 127 cm³/mol. The summed E-state index contributed by atoms with van der Waals surface area (Å²) in [6.45, 7) is 6.43. The summed E-state index contributed by atoms with van der Waals surface area (Å²) in [5, 5.41) is 6.10. The topological polar surface area (TPSA) is 119 Å². The summed E-state index contributed by atoms with van der Waals surface area (Å²) < 4.78 is 1.96. The van der Waals surface area contributed by atoms with Crippen molar-refractivity contribution in [1.29, 1.82) is 0 Å². The number of amides is 3. The summed E-state index contributed by atoms with van der Waals surface area (Å²) in [6.07, 6.45) is 6.11. The van der Waals surface area contributed by atoms with Crippen molar-refractivity contribution < 1.29 is 14.4 Å². The third-order valence-corrected chi connectivity index (χ3v) is 6.47. The van der Waals surface area contributed by atoms with Crippen LogP contribution in [0.15, 0.2) is 30.1 Å². The monoisotopic (exact) mass is 469 g/mol. The summed E-state index contributed by atoms with van der Waals surface area (Å²) in [7, 11) is 0. The van der Waals surface area contributed by atoms with E-state index in [9.17, 15) is 14.4 Å². The Bertz CT molecular complexity index is 1180. The fourth-order valence-corrected chi connectivity index (χ4v) is 4.94. The van der Waals surface area contributed by atoms with Gasteiger partial charge in [-0.05, 0) is 43.2 Å². The molecule has 3 amide bonds. The summed E-state index contributed by atoms with van der Waals surface area (Å²) in [6, 6.07) is 3.51. The second kappa shape index (κ2) is 8.67. The number of pyridine rings is 1. The Morgan fingerprint density at radius 3 is 2.67 bits per heavy atom. The van der Waals surface area contributed by atoms with E-state index in [0.29, 0.717) is 41.5 Å². The molecule has 174 valence electrons. The molecule has 1 aliphatic carbocycles. The van der Waals surface area contributed by atoms with E-state index in [2.05, 4.69) is 29.5 Å². The maximum absolute atomic E-state index is 12.9. The zero-order chi connectivity index (χ0) is 23.9. The lowest BCUT2D eigenvalue weighted by Gasteiger charge is -2.22. The first kappa shape index (κ1) is 23.0. The van der Waals surface area contributed by atoms with Gasteiger partial charge in [0.05, 0.1) is 5.02 Å². The standard InChI is InChI=1S/C24H28ClN5O3/c1-13(31)28-15-6-4-5-14(7-15)23(33)29-21-9-16(18(25)11-27-21)17-8-19(22(26)32)30-12-24(2,3)10-20(17)30/h6,8-9,11,14H,4-5,7,10,12H2,1-3H3,(H2,26,32)(H,28,31)(H,27,29,33)/t14-/m0/s1.